The first-order valence-corrected chi connectivity index (χ1v) is 10.4. The van der Waals surface area contributed by atoms with Crippen LogP contribution in [-0.4, -0.2) is 22.6 Å². The average molecular weight is 420 g/mol. The van der Waals surface area contributed by atoms with Gasteiger partial charge in [0.05, 0.1) is 18.8 Å². The largest absolute Gasteiger partial charge is 0.497 e. The fourth-order valence-electron chi connectivity index (χ4n) is 3.22. The molecule has 0 aliphatic carbocycles. The smallest absolute Gasteiger partial charge is 0.262 e. The van der Waals surface area contributed by atoms with E-state index < -0.39 is 0 Å². The van der Waals surface area contributed by atoms with E-state index in [2.05, 4.69) is 10.3 Å². The maximum atomic E-state index is 13.1. The van der Waals surface area contributed by atoms with Crippen LogP contribution in [0.4, 0.5) is 5.69 Å². The third-order valence-corrected chi connectivity index (χ3v) is 5.74. The van der Waals surface area contributed by atoms with Crippen LogP contribution in [0.15, 0.2) is 65.0 Å². The summed E-state index contributed by atoms with van der Waals surface area (Å²) in [6.45, 7) is 2.28. The molecule has 1 N–H and O–H groups in total. The summed E-state index contributed by atoms with van der Waals surface area (Å²) in [5, 5.41) is 5.39. The number of amides is 1. The second-order valence-electron chi connectivity index (χ2n) is 6.97. The van der Waals surface area contributed by atoms with E-state index in [4.69, 9.17) is 4.74 Å². The molecule has 0 fully saturated rings. The molecule has 6 nitrogen and oxygen atoms in total. The number of hydrogen-bond acceptors (Lipinski definition) is 5. The van der Waals surface area contributed by atoms with Gasteiger partial charge in [0.15, 0.2) is 0 Å². The third-order valence-electron chi connectivity index (χ3n) is 4.86. The molecule has 4 rings (SSSR count). The second-order valence-corrected chi connectivity index (χ2v) is 7.83. The summed E-state index contributed by atoms with van der Waals surface area (Å²) in [5.74, 6) is 0.485. The van der Waals surface area contributed by atoms with Gasteiger partial charge in [-0.1, -0.05) is 35.9 Å². The highest BCUT2D eigenvalue weighted by atomic mass is 32.1. The maximum absolute atomic E-state index is 13.1. The normalized spacial score (nSPS) is 10.9. The first kappa shape index (κ1) is 19.8. The van der Waals surface area contributed by atoms with E-state index >= 15 is 0 Å². The van der Waals surface area contributed by atoms with Crippen LogP contribution in [0, 0.1) is 6.92 Å². The van der Waals surface area contributed by atoms with E-state index in [-0.39, 0.29) is 24.4 Å². The Labute approximate surface area is 177 Å². The quantitative estimate of drug-likeness (QED) is 0.500. The van der Waals surface area contributed by atoms with Crippen molar-refractivity contribution in [2.24, 2.45) is 0 Å². The second kappa shape index (κ2) is 8.51. The van der Waals surface area contributed by atoms with Gasteiger partial charge in [0.1, 0.15) is 10.6 Å². The minimum Gasteiger partial charge on any atom is -0.497 e. The van der Waals surface area contributed by atoms with Gasteiger partial charge in [-0.15, -0.1) is 11.3 Å². The molecule has 0 saturated heterocycles. The summed E-state index contributed by atoms with van der Waals surface area (Å²) in [4.78, 5) is 30.6. The van der Waals surface area contributed by atoms with Crippen LogP contribution in [-0.2, 0) is 11.3 Å². The van der Waals surface area contributed by atoms with Crippen LogP contribution in [0.2, 0.25) is 0 Å². The van der Waals surface area contributed by atoms with Gasteiger partial charge in [-0.05, 0) is 24.6 Å². The summed E-state index contributed by atoms with van der Waals surface area (Å²) in [5.41, 5.74) is 3.54. The topological polar surface area (TPSA) is 73.2 Å². The molecule has 1 amide bonds. The van der Waals surface area contributed by atoms with E-state index in [1.807, 2.05) is 42.6 Å². The van der Waals surface area contributed by atoms with Crippen molar-refractivity contribution in [1.29, 1.82) is 0 Å². The molecule has 30 heavy (non-hydrogen) atoms. The van der Waals surface area contributed by atoms with Crippen molar-refractivity contribution in [1.82, 2.24) is 9.55 Å². The van der Waals surface area contributed by atoms with Crippen LogP contribution in [0.1, 0.15) is 12.0 Å². The van der Waals surface area contributed by atoms with Crippen molar-refractivity contribution >= 4 is 33.1 Å². The molecular formula is C23H21N3O3S. The number of fused-ring (bicyclic) bond motifs is 1. The van der Waals surface area contributed by atoms with Crippen LogP contribution < -0.4 is 15.6 Å². The van der Waals surface area contributed by atoms with Gasteiger partial charge < -0.3 is 10.1 Å². The lowest BCUT2D eigenvalue weighted by atomic mass is 10.1. The average Bonchev–Trinajstić information content (AvgIpc) is 3.19. The van der Waals surface area contributed by atoms with Crippen LogP contribution >= 0.6 is 11.3 Å². The summed E-state index contributed by atoms with van der Waals surface area (Å²) < 4.78 is 6.66. The summed E-state index contributed by atoms with van der Waals surface area (Å²) >= 11 is 1.45. The zero-order chi connectivity index (χ0) is 21.1. The molecule has 0 saturated carbocycles. The minimum atomic E-state index is -0.181. The molecule has 2 aromatic heterocycles. The number of carbonyl (C=O) groups excluding carboxylic acids is 1. The number of anilines is 1. The number of benzene rings is 2. The van der Waals surface area contributed by atoms with Gasteiger partial charge in [-0.2, -0.15) is 0 Å². The van der Waals surface area contributed by atoms with Crippen molar-refractivity contribution in [3.63, 3.8) is 0 Å². The van der Waals surface area contributed by atoms with Gasteiger partial charge in [-0.3, -0.25) is 14.2 Å². The molecular weight excluding hydrogens is 398 g/mol. The monoisotopic (exact) mass is 419 g/mol. The Bertz CT molecular complexity index is 1260. The van der Waals surface area contributed by atoms with Crippen LogP contribution in [0.3, 0.4) is 0 Å². The molecule has 152 valence electrons. The summed E-state index contributed by atoms with van der Waals surface area (Å²) in [6.07, 6.45) is 1.67. The highest BCUT2D eigenvalue weighted by molar-refractivity contribution is 7.17. The number of carbonyl (C=O) groups is 1. The van der Waals surface area contributed by atoms with Gasteiger partial charge in [0, 0.05) is 35.7 Å². The first-order valence-electron chi connectivity index (χ1n) is 9.53. The Kier molecular flexibility index (Phi) is 5.63. The number of aryl methyl sites for hydroxylation is 2. The molecule has 0 radical (unpaired) electrons. The van der Waals surface area contributed by atoms with Crippen molar-refractivity contribution in [3.05, 3.63) is 76.2 Å². The molecule has 0 aliphatic rings. The third kappa shape index (κ3) is 4.11. The maximum Gasteiger partial charge on any atom is 0.262 e. The molecule has 0 atom stereocenters. The minimum absolute atomic E-state index is 0.133. The number of thiophene rings is 1. The number of aromatic nitrogens is 2. The zero-order valence-electron chi connectivity index (χ0n) is 16.7. The standard InChI is InChI=1S/C23H21N3O3S/c1-15-6-8-16(9-7-15)19-13-30-22-21(19)23(28)26(14-24-22)11-10-20(27)25-17-4-3-5-18(12-17)29-2/h3-9,12-14H,10-11H2,1-2H3,(H,25,27). The SMILES string of the molecule is COc1cccc(NC(=O)CCn2cnc3scc(-c4ccc(C)cc4)c3c2=O)c1. The van der Waals surface area contributed by atoms with E-state index in [9.17, 15) is 9.59 Å². The lowest BCUT2D eigenvalue weighted by Crippen LogP contribution is -2.23. The first-order chi connectivity index (χ1) is 14.5. The summed E-state index contributed by atoms with van der Waals surface area (Å²) in [6, 6.07) is 15.2. The number of methoxy groups -OCH3 is 1. The van der Waals surface area contributed by atoms with Crippen LogP contribution in [0.25, 0.3) is 21.3 Å². The van der Waals surface area contributed by atoms with E-state index in [1.54, 1.807) is 25.3 Å². The van der Waals surface area contributed by atoms with E-state index in [0.717, 1.165) is 16.7 Å². The zero-order valence-corrected chi connectivity index (χ0v) is 17.5. The molecule has 0 unspecified atom stereocenters. The number of rotatable bonds is 6. The predicted octanol–water partition coefficient (Wildman–Crippen LogP) is 4.47. The van der Waals surface area contributed by atoms with Crippen molar-refractivity contribution < 1.29 is 9.53 Å². The predicted molar refractivity (Wildman–Crippen MR) is 120 cm³/mol. The number of hydrogen-bond donors (Lipinski definition) is 1. The lowest BCUT2D eigenvalue weighted by Gasteiger charge is -2.08. The highest BCUT2D eigenvalue weighted by Crippen LogP contribution is 2.30. The van der Waals surface area contributed by atoms with Crippen molar-refractivity contribution in [3.8, 4) is 16.9 Å². The fraction of sp³-hybridized carbons (Fsp3) is 0.174. The van der Waals surface area contributed by atoms with Crippen LogP contribution in [0.5, 0.6) is 5.75 Å². The fourth-order valence-corrected chi connectivity index (χ4v) is 4.13. The van der Waals surface area contributed by atoms with Crippen molar-refractivity contribution in [2.75, 3.05) is 12.4 Å². The van der Waals surface area contributed by atoms with E-state index in [1.165, 1.54) is 22.2 Å². The van der Waals surface area contributed by atoms with Gasteiger partial charge in [0.2, 0.25) is 5.91 Å². The molecule has 7 heteroatoms. The van der Waals surface area contributed by atoms with Gasteiger partial charge in [0.25, 0.3) is 5.56 Å². The Morgan fingerprint density at radius 3 is 2.77 bits per heavy atom. The van der Waals surface area contributed by atoms with Crippen molar-refractivity contribution in [2.45, 2.75) is 19.9 Å². The Morgan fingerprint density at radius 2 is 2.00 bits per heavy atom. The molecule has 2 aromatic carbocycles. The molecule has 0 spiro atoms. The lowest BCUT2D eigenvalue weighted by molar-refractivity contribution is -0.116. The summed E-state index contributed by atoms with van der Waals surface area (Å²) in [7, 11) is 1.58. The van der Waals surface area contributed by atoms with E-state index in [0.29, 0.717) is 21.7 Å². The Hall–Kier alpha value is -3.45. The number of ether oxygens (including phenoxy) is 1. The molecule has 2 heterocycles. The molecule has 0 aliphatic heterocycles. The molecule has 0 bridgehead atoms. The number of nitrogens with one attached hydrogen (secondary N) is 1. The Balaban J connectivity index is 1.54. The highest BCUT2D eigenvalue weighted by Gasteiger charge is 2.14. The Morgan fingerprint density at radius 1 is 1.20 bits per heavy atom. The number of nitrogens with zero attached hydrogens (tertiary/aromatic N) is 2. The van der Waals surface area contributed by atoms with Gasteiger partial charge >= 0.3 is 0 Å². The molecule has 4 aromatic rings. The van der Waals surface area contributed by atoms with Gasteiger partial charge in [-0.25, -0.2) is 4.98 Å².